The first-order chi connectivity index (χ1) is 9.34. The smallest absolute Gasteiger partial charge is 0.303 e. The maximum absolute atomic E-state index is 12.4. The Kier molecular flexibility index (Phi) is 5.37. The summed E-state index contributed by atoms with van der Waals surface area (Å²) in [7, 11) is 0. The van der Waals surface area contributed by atoms with Crippen molar-refractivity contribution in [1.82, 2.24) is 4.90 Å². The normalized spacial score (nSPS) is 10.6. The Morgan fingerprint density at radius 3 is 2.20 bits per heavy atom. The minimum atomic E-state index is -0.924. The first kappa shape index (κ1) is 15.8. The molecular formula is C14H19NO5. The molecule has 1 aromatic rings. The quantitative estimate of drug-likeness (QED) is 0.738. The summed E-state index contributed by atoms with van der Waals surface area (Å²) in [5.41, 5.74) is -0.156. The fourth-order valence-electron chi connectivity index (χ4n) is 1.89. The van der Waals surface area contributed by atoms with Crippen LogP contribution in [-0.4, -0.2) is 44.7 Å². The number of hydrogen-bond donors (Lipinski definition) is 3. The van der Waals surface area contributed by atoms with E-state index < -0.39 is 11.9 Å². The molecule has 0 saturated carbocycles. The number of amides is 1. The molecule has 6 nitrogen and oxygen atoms in total. The number of phenols is 2. The summed E-state index contributed by atoms with van der Waals surface area (Å²) < 4.78 is 0. The van der Waals surface area contributed by atoms with Crippen molar-refractivity contribution in [3.05, 3.63) is 23.8 Å². The van der Waals surface area contributed by atoms with Gasteiger partial charge in [-0.1, -0.05) is 6.07 Å². The lowest BCUT2D eigenvalue weighted by molar-refractivity contribution is -0.137. The summed E-state index contributed by atoms with van der Waals surface area (Å²) in [4.78, 5) is 24.3. The number of rotatable bonds is 6. The summed E-state index contributed by atoms with van der Waals surface area (Å²) >= 11 is 0. The molecule has 0 bridgehead atoms. The zero-order valence-corrected chi connectivity index (χ0v) is 11.5. The molecular weight excluding hydrogens is 262 g/mol. The second kappa shape index (κ2) is 6.79. The lowest BCUT2D eigenvalue weighted by Gasteiger charge is -2.27. The molecule has 6 heteroatoms. The minimum absolute atomic E-state index is 0.0384. The molecule has 0 saturated heterocycles. The highest BCUT2D eigenvalue weighted by molar-refractivity contribution is 5.99. The Hall–Kier alpha value is -2.24. The van der Waals surface area contributed by atoms with Gasteiger partial charge < -0.3 is 20.2 Å². The van der Waals surface area contributed by atoms with Crippen LogP contribution in [0.3, 0.4) is 0 Å². The summed E-state index contributed by atoms with van der Waals surface area (Å²) in [6, 6.07) is 3.91. The maximum atomic E-state index is 12.4. The number of carbonyl (C=O) groups excluding carboxylic acids is 1. The van der Waals surface area contributed by atoms with Crippen LogP contribution in [0.5, 0.6) is 11.5 Å². The lowest BCUT2D eigenvalue weighted by Crippen LogP contribution is -2.38. The molecule has 0 aliphatic heterocycles. The molecule has 3 N–H and O–H groups in total. The molecule has 1 amide bonds. The summed E-state index contributed by atoms with van der Waals surface area (Å²) in [5.74, 6) is -2.02. The Bertz CT molecular complexity index is 478. The third-order valence-electron chi connectivity index (χ3n) is 2.91. The van der Waals surface area contributed by atoms with Gasteiger partial charge in [0, 0.05) is 19.0 Å². The van der Waals surface area contributed by atoms with Crippen molar-refractivity contribution in [3.63, 3.8) is 0 Å². The highest BCUT2D eigenvalue weighted by Gasteiger charge is 2.24. The van der Waals surface area contributed by atoms with E-state index >= 15 is 0 Å². The van der Waals surface area contributed by atoms with Crippen LogP contribution in [0.15, 0.2) is 18.2 Å². The van der Waals surface area contributed by atoms with Crippen LogP contribution < -0.4 is 0 Å². The molecule has 0 aromatic heterocycles. The SMILES string of the molecule is CC(C)N(CCCC(=O)O)C(=O)c1c(O)cccc1O. The van der Waals surface area contributed by atoms with E-state index in [2.05, 4.69) is 0 Å². The molecule has 0 spiro atoms. The van der Waals surface area contributed by atoms with Gasteiger partial charge in [0.25, 0.3) is 5.91 Å². The van der Waals surface area contributed by atoms with Crippen LogP contribution in [0.25, 0.3) is 0 Å². The van der Waals surface area contributed by atoms with Crippen LogP contribution in [0.4, 0.5) is 0 Å². The lowest BCUT2D eigenvalue weighted by atomic mass is 10.1. The van der Waals surface area contributed by atoms with Gasteiger partial charge in [0.15, 0.2) is 0 Å². The standard InChI is InChI=1S/C14H19NO5/c1-9(2)15(8-4-7-12(18)19)14(20)13-10(16)5-3-6-11(13)17/h3,5-6,9,16-17H,4,7-8H2,1-2H3,(H,18,19). The van der Waals surface area contributed by atoms with E-state index in [0.29, 0.717) is 6.42 Å². The van der Waals surface area contributed by atoms with Gasteiger partial charge >= 0.3 is 5.97 Å². The van der Waals surface area contributed by atoms with Crippen LogP contribution in [0, 0.1) is 0 Å². The molecule has 0 fully saturated rings. The molecule has 0 radical (unpaired) electrons. The van der Waals surface area contributed by atoms with Crippen molar-refractivity contribution in [2.75, 3.05) is 6.54 Å². The average molecular weight is 281 g/mol. The van der Waals surface area contributed by atoms with Gasteiger partial charge in [0.05, 0.1) is 0 Å². The Balaban J connectivity index is 2.91. The number of nitrogens with zero attached hydrogens (tertiary/aromatic N) is 1. The zero-order valence-electron chi connectivity index (χ0n) is 11.5. The highest BCUT2D eigenvalue weighted by Crippen LogP contribution is 2.28. The number of benzene rings is 1. The van der Waals surface area contributed by atoms with Gasteiger partial charge in [-0.25, -0.2) is 0 Å². The molecule has 110 valence electrons. The van der Waals surface area contributed by atoms with Gasteiger partial charge in [-0.3, -0.25) is 9.59 Å². The number of hydrogen-bond acceptors (Lipinski definition) is 4. The second-order valence-corrected chi connectivity index (χ2v) is 4.76. The zero-order chi connectivity index (χ0) is 15.3. The van der Waals surface area contributed by atoms with Gasteiger partial charge in [0.1, 0.15) is 17.1 Å². The molecule has 0 atom stereocenters. The van der Waals surface area contributed by atoms with Crippen molar-refractivity contribution >= 4 is 11.9 Å². The van der Waals surface area contributed by atoms with Crippen molar-refractivity contribution in [3.8, 4) is 11.5 Å². The molecule has 1 aromatic carbocycles. The Morgan fingerprint density at radius 2 is 1.75 bits per heavy atom. The van der Waals surface area contributed by atoms with E-state index in [-0.39, 0.29) is 36.1 Å². The van der Waals surface area contributed by atoms with Crippen LogP contribution in [0.1, 0.15) is 37.0 Å². The summed E-state index contributed by atoms with van der Waals surface area (Å²) in [6.07, 6.45) is 0.275. The number of carboxylic acids is 1. The minimum Gasteiger partial charge on any atom is -0.507 e. The van der Waals surface area contributed by atoms with E-state index in [0.717, 1.165) is 0 Å². The summed E-state index contributed by atoms with van der Waals surface area (Å²) in [6.45, 7) is 3.82. The number of phenolic OH excluding ortho intramolecular Hbond substituents is 2. The fraction of sp³-hybridized carbons (Fsp3) is 0.429. The van der Waals surface area contributed by atoms with Gasteiger partial charge in [0.2, 0.25) is 0 Å². The van der Waals surface area contributed by atoms with E-state index in [1.807, 2.05) is 0 Å². The fourth-order valence-corrected chi connectivity index (χ4v) is 1.89. The topological polar surface area (TPSA) is 98.1 Å². The maximum Gasteiger partial charge on any atom is 0.303 e. The van der Waals surface area contributed by atoms with E-state index in [9.17, 15) is 19.8 Å². The third-order valence-corrected chi connectivity index (χ3v) is 2.91. The number of carbonyl (C=O) groups is 2. The predicted molar refractivity (Wildman–Crippen MR) is 72.8 cm³/mol. The van der Waals surface area contributed by atoms with E-state index in [4.69, 9.17) is 5.11 Å². The van der Waals surface area contributed by atoms with Crippen molar-refractivity contribution in [2.45, 2.75) is 32.7 Å². The molecule has 0 aliphatic rings. The van der Waals surface area contributed by atoms with Crippen molar-refractivity contribution in [2.24, 2.45) is 0 Å². The van der Waals surface area contributed by atoms with Gasteiger partial charge in [-0.15, -0.1) is 0 Å². The predicted octanol–water partition coefficient (Wildman–Crippen LogP) is 1.81. The van der Waals surface area contributed by atoms with Crippen LogP contribution in [-0.2, 0) is 4.79 Å². The third kappa shape index (κ3) is 3.88. The average Bonchev–Trinajstić information content (AvgIpc) is 2.33. The van der Waals surface area contributed by atoms with Crippen LogP contribution >= 0.6 is 0 Å². The van der Waals surface area contributed by atoms with Crippen molar-refractivity contribution in [1.29, 1.82) is 0 Å². The molecule has 0 unspecified atom stereocenters. The molecule has 0 aliphatic carbocycles. The second-order valence-electron chi connectivity index (χ2n) is 4.76. The highest BCUT2D eigenvalue weighted by atomic mass is 16.4. The molecule has 20 heavy (non-hydrogen) atoms. The Labute approximate surface area is 117 Å². The van der Waals surface area contributed by atoms with Gasteiger partial charge in [-0.2, -0.15) is 0 Å². The van der Waals surface area contributed by atoms with E-state index in [1.54, 1.807) is 13.8 Å². The van der Waals surface area contributed by atoms with Gasteiger partial charge in [-0.05, 0) is 32.4 Å². The monoisotopic (exact) mass is 281 g/mol. The first-order valence-electron chi connectivity index (χ1n) is 6.38. The number of aromatic hydroxyl groups is 2. The number of aliphatic carboxylic acids is 1. The van der Waals surface area contributed by atoms with Crippen molar-refractivity contribution < 1.29 is 24.9 Å². The largest absolute Gasteiger partial charge is 0.507 e. The van der Waals surface area contributed by atoms with E-state index in [1.165, 1.54) is 23.1 Å². The first-order valence-corrected chi connectivity index (χ1v) is 6.38. The van der Waals surface area contributed by atoms with Crippen LogP contribution in [0.2, 0.25) is 0 Å². The Morgan fingerprint density at radius 1 is 1.20 bits per heavy atom. The number of carboxylic acid groups (broad SMARTS) is 1. The summed E-state index contributed by atoms with van der Waals surface area (Å²) in [5, 5.41) is 28.0. The molecule has 1 rings (SSSR count). The molecule has 0 heterocycles.